The summed E-state index contributed by atoms with van der Waals surface area (Å²) in [5, 5.41) is 4.84. The Morgan fingerprint density at radius 1 is 1.19 bits per heavy atom. The maximum absolute atomic E-state index is 12.5. The third-order valence-electron chi connectivity index (χ3n) is 4.25. The molecule has 5 nitrogen and oxygen atoms in total. The Morgan fingerprint density at radius 3 is 2.56 bits per heavy atom. The smallest absolute Gasteiger partial charge is 0.255 e. The molecule has 0 saturated carbocycles. The summed E-state index contributed by atoms with van der Waals surface area (Å²) >= 11 is 1.62. The molecule has 3 rings (SSSR count). The lowest BCUT2D eigenvalue weighted by Crippen LogP contribution is -2.13. The van der Waals surface area contributed by atoms with Gasteiger partial charge in [-0.1, -0.05) is 31.2 Å². The summed E-state index contributed by atoms with van der Waals surface area (Å²) in [7, 11) is -3.14. The molecule has 4 N–H and O–H groups in total. The minimum absolute atomic E-state index is 0.112. The summed E-state index contributed by atoms with van der Waals surface area (Å²) in [6, 6.07) is 16.3. The van der Waals surface area contributed by atoms with Crippen molar-refractivity contribution in [3.8, 4) is 10.4 Å². The van der Waals surface area contributed by atoms with Gasteiger partial charge < -0.3 is 15.9 Å². The zero-order valence-electron chi connectivity index (χ0n) is 14.9. The molecule has 0 bridgehead atoms. The summed E-state index contributed by atoms with van der Waals surface area (Å²) < 4.78 is 11.8. The number of benzene rings is 2. The minimum Gasteiger partial charge on any atom is -0.397 e. The van der Waals surface area contributed by atoms with Crippen molar-refractivity contribution in [2.24, 2.45) is 0 Å². The average Bonchev–Trinajstić information content (AvgIpc) is 3.18. The predicted molar refractivity (Wildman–Crippen MR) is 113 cm³/mol. The van der Waals surface area contributed by atoms with E-state index in [1.807, 2.05) is 29.6 Å². The number of nitrogens with one attached hydrogen (secondary N) is 1. The molecule has 0 spiro atoms. The Morgan fingerprint density at radius 2 is 1.93 bits per heavy atom. The third-order valence-corrected chi connectivity index (χ3v) is 7.01. The lowest BCUT2D eigenvalue weighted by molar-refractivity contribution is 0.102. The van der Waals surface area contributed by atoms with Gasteiger partial charge in [0.2, 0.25) is 7.37 Å². The van der Waals surface area contributed by atoms with Gasteiger partial charge in [-0.05, 0) is 46.8 Å². The van der Waals surface area contributed by atoms with E-state index >= 15 is 0 Å². The van der Waals surface area contributed by atoms with Gasteiger partial charge in [-0.15, -0.1) is 11.3 Å². The highest BCUT2D eigenvalue weighted by molar-refractivity contribution is 7.57. The first-order valence-electron chi connectivity index (χ1n) is 8.52. The van der Waals surface area contributed by atoms with Crippen LogP contribution >= 0.6 is 18.7 Å². The molecule has 0 fully saturated rings. The van der Waals surface area contributed by atoms with Crippen LogP contribution in [0.1, 0.15) is 22.8 Å². The number of anilines is 2. The van der Waals surface area contributed by atoms with Crippen molar-refractivity contribution in [3.63, 3.8) is 0 Å². The van der Waals surface area contributed by atoms with E-state index in [1.165, 1.54) is 0 Å². The van der Waals surface area contributed by atoms with Crippen LogP contribution in [-0.2, 0) is 10.7 Å². The highest BCUT2D eigenvalue weighted by Crippen LogP contribution is 2.43. The molecule has 0 radical (unpaired) electrons. The van der Waals surface area contributed by atoms with E-state index in [9.17, 15) is 14.3 Å². The van der Waals surface area contributed by atoms with Crippen molar-refractivity contribution in [3.05, 3.63) is 71.1 Å². The number of carbonyl (C=O) groups excluding carboxylic acids is 1. The molecule has 0 aliphatic rings. The number of amides is 1. The van der Waals surface area contributed by atoms with Crippen LogP contribution in [0.3, 0.4) is 0 Å². The molecule has 0 aliphatic carbocycles. The highest BCUT2D eigenvalue weighted by atomic mass is 32.1. The quantitative estimate of drug-likeness (QED) is 0.399. The summed E-state index contributed by atoms with van der Waals surface area (Å²) in [6.45, 7) is 1.69. The summed E-state index contributed by atoms with van der Waals surface area (Å²) in [4.78, 5) is 23.4. The molecule has 2 aromatic carbocycles. The molecule has 1 heterocycles. The van der Waals surface area contributed by atoms with Gasteiger partial charge >= 0.3 is 0 Å². The van der Waals surface area contributed by atoms with Crippen LogP contribution in [0.4, 0.5) is 11.4 Å². The summed E-state index contributed by atoms with van der Waals surface area (Å²) in [5.74, 6) is -0.278. The van der Waals surface area contributed by atoms with Gasteiger partial charge in [0.15, 0.2) is 0 Å². The standard InChI is InChI=1S/C20H21N2O3PS/c1-2-26(24,25)13-14-5-7-15(8-6-14)20(23)22-18-12-16(9-10-17(18)21)19-4-3-11-27-19/h3-12H,2,13,21H2,1H3,(H,22,23)(H,24,25). The number of thiophene rings is 1. The number of rotatable bonds is 6. The Bertz CT molecular complexity index is 985. The van der Waals surface area contributed by atoms with Gasteiger partial charge in [0, 0.05) is 22.8 Å². The number of nitrogens with two attached hydrogens (primary N) is 1. The highest BCUT2D eigenvalue weighted by Gasteiger charge is 2.16. The van der Waals surface area contributed by atoms with Gasteiger partial charge in [0.1, 0.15) is 0 Å². The largest absolute Gasteiger partial charge is 0.397 e. The van der Waals surface area contributed by atoms with Crippen molar-refractivity contribution >= 4 is 36.0 Å². The first-order chi connectivity index (χ1) is 12.9. The van der Waals surface area contributed by atoms with Gasteiger partial charge in [-0.3, -0.25) is 9.36 Å². The predicted octanol–water partition coefficient (Wildman–Crippen LogP) is 5.04. The second-order valence-corrected chi connectivity index (χ2v) is 9.84. The summed E-state index contributed by atoms with van der Waals surface area (Å²) in [6.07, 6.45) is 0.344. The molecule has 0 aliphatic heterocycles. The molecule has 0 saturated heterocycles. The van der Waals surface area contributed by atoms with E-state index in [2.05, 4.69) is 5.32 Å². The lowest BCUT2D eigenvalue weighted by atomic mass is 10.1. The Balaban J connectivity index is 1.76. The number of nitrogen functional groups attached to an aromatic ring is 1. The maximum atomic E-state index is 12.5. The average molecular weight is 400 g/mol. The van der Waals surface area contributed by atoms with E-state index in [0.29, 0.717) is 16.9 Å². The molecule has 3 aromatic rings. The number of hydrogen-bond acceptors (Lipinski definition) is 4. The maximum Gasteiger partial charge on any atom is 0.255 e. The molecular formula is C20H21N2O3PS. The normalized spacial score (nSPS) is 13.1. The molecular weight excluding hydrogens is 379 g/mol. The molecule has 140 valence electrons. The van der Waals surface area contributed by atoms with Crippen molar-refractivity contribution in [2.75, 3.05) is 17.2 Å². The van der Waals surface area contributed by atoms with E-state index in [-0.39, 0.29) is 18.2 Å². The Hall–Kier alpha value is -2.40. The Labute approximate surface area is 162 Å². The molecule has 1 atom stereocenters. The second kappa shape index (κ2) is 8.09. The van der Waals surface area contributed by atoms with Crippen molar-refractivity contribution in [1.82, 2.24) is 0 Å². The zero-order valence-corrected chi connectivity index (χ0v) is 16.6. The Kier molecular flexibility index (Phi) is 5.80. The third kappa shape index (κ3) is 4.86. The fourth-order valence-electron chi connectivity index (χ4n) is 2.61. The fourth-order valence-corrected chi connectivity index (χ4v) is 4.34. The molecule has 27 heavy (non-hydrogen) atoms. The van der Waals surface area contributed by atoms with Crippen LogP contribution < -0.4 is 11.1 Å². The summed E-state index contributed by atoms with van der Waals surface area (Å²) in [5.41, 5.74) is 9.24. The van der Waals surface area contributed by atoms with Crippen LogP contribution in [0.5, 0.6) is 0 Å². The van der Waals surface area contributed by atoms with Crippen LogP contribution in [-0.4, -0.2) is 17.0 Å². The molecule has 7 heteroatoms. The first kappa shape index (κ1) is 19.4. The van der Waals surface area contributed by atoms with Crippen LogP contribution in [0.15, 0.2) is 60.0 Å². The lowest BCUT2D eigenvalue weighted by Gasteiger charge is -2.11. The van der Waals surface area contributed by atoms with E-state index in [1.54, 1.807) is 48.6 Å². The first-order valence-corrected chi connectivity index (χ1v) is 11.4. The zero-order chi connectivity index (χ0) is 19.4. The topological polar surface area (TPSA) is 92.4 Å². The molecule has 1 unspecified atom stereocenters. The van der Waals surface area contributed by atoms with Crippen molar-refractivity contribution < 1.29 is 14.3 Å². The van der Waals surface area contributed by atoms with Crippen molar-refractivity contribution in [2.45, 2.75) is 13.1 Å². The van der Waals surface area contributed by atoms with Crippen LogP contribution in [0, 0.1) is 0 Å². The number of hydrogen-bond donors (Lipinski definition) is 3. The molecule has 1 aromatic heterocycles. The van der Waals surface area contributed by atoms with Crippen LogP contribution in [0.2, 0.25) is 0 Å². The second-order valence-electron chi connectivity index (χ2n) is 6.25. The van der Waals surface area contributed by atoms with Gasteiger partial charge in [0.25, 0.3) is 5.91 Å². The van der Waals surface area contributed by atoms with Gasteiger partial charge in [-0.25, -0.2) is 0 Å². The van der Waals surface area contributed by atoms with Gasteiger partial charge in [0.05, 0.1) is 11.4 Å². The van der Waals surface area contributed by atoms with Crippen molar-refractivity contribution in [1.29, 1.82) is 0 Å². The van der Waals surface area contributed by atoms with E-state index < -0.39 is 7.37 Å². The van der Waals surface area contributed by atoms with E-state index in [0.717, 1.165) is 16.0 Å². The molecule has 1 amide bonds. The van der Waals surface area contributed by atoms with Crippen LogP contribution in [0.25, 0.3) is 10.4 Å². The number of carbonyl (C=O) groups is 1. The minimum atomic E-state index is -3.14. The monoisotopic (exact) mass is 400 g/mol. The fraction of sp³-hybridized carbons (Fsp3) is 0.150. The van der Waals surface area contributed by atoms with E-state index in [4.69, 9.17) is 5.73 Å². The SMILES string of the molecule is CCP(=O)(O)Cc1ccc(C(=O)Nc2cc(-c3cccs3)ccc2N)cc1. The van der Waals surface area contributed by atoms with Gasteiger partial charge in [-0.2, -0.15) is 0 Å².